The van der Waals surface area contributed by atoms with Crippen LogP contribution in [0.15, 0.2) is 36.4 Å². The number of benzene rings is 1. The van der Waals surface area contributed by atoms with Gasteiger partial charge in [-0.15, -0.1) is 0 Å². The standard InChI is InChI=1S/C19H26N4O2/c1-15-12-18(22-21-15)16-6-5-10-23(13-16)14-19(24)20-9-11-25-17-7-3-2-4-8-17/h2-4,7-8,12,16H,5-6,9-11,13-14H2,1H3,(H,20,24)(H,21,22)/t16-/m0/s1. The summed E-state index contributed by atoms with van der Waals surface area (Å²) in [7, 11) is 0. The summed E-state index contributed by atoms with van der Waals surface area (Å²) >= 11 is 0. The maximum Gasteiger partial charge on any atom is 0.234 e. The predicted octanol–water partition coefficient (Wildman–Crippen LogP) is 2.09. The smallest absolute Gasteiger partial charge is 0.234 e. The number of nitrogens with one attached hydrogen (secondary N) is 2. The van der Waals surface area contributed by atoms with Crippen LogP contribution in [0.2, 0.25) is 0 Å². The average Bonchev–Trinajstić information content (AvgIpc) is 3.06. The second-order valence-electron chi connectivity index (χ2n) is 6.56. The van der Waals surface area contributed by atoms with Crippen molar-refractivity contribution >= 4 is 5.91 Å². The second kappa shape index (κ2) is 8.67. The molecule has 1 aliphatic rings. The normalized spacial score (nSPS) is 18.0. The fraction of sp³-hybridized carbons (Fsp3) is 0.474. The molecule has 1 amide bonds. The number of carbonyl (C=O) groups excluding carboxylic acids is 1. The van der Waals surface area contributed by atoms with Crippen LogP contribution in [0.4, 0.5) is 0 Å². The molecule has 3 rings (SSSR count). The molecule has 0 unspecified atom stereocenters. The maximum atomic E-state index is 12.1. The van der Waals surface area contributed by atoms with Crippen molar-refractivity contribution < 1.29 is 9.53 Å². The molecule has 1 fully saturated rings. The van der Waals surface area contributed by atoms with Gasteiger partial charge in [-0.1, -0.05) is 18.2 Å². The summed E-state index contributed by atoms with van der Waals surface area (Å²) in [6.45, 7) is 5.30. The quantitative estimate of drug-likeness (QED) is 0.756. The zero-order chi connectivity index (χ0) is 17.5. The molecule has 6 nitrogen and oxygen atoms in total. The number of para-hydroxylation sites is 1. The van der Waals surface area contributed by atoms with E-state index in [4.69, 9.17) is 4.74 Å². The highest BCUT2D eigenvalue weighted by Crippen LogP contribution is 2.25. The third-order valence-electron chi connectivity index (χ3n) is 4.45. The van der Waals surface area contributed by atoms with Crippen LogP contribution in [-0.2, 0) is 4.79 Å². The summed E-state index contributed by atoms with van der Waals surface area (Å²) in [6, 6.07) is 11.7. The van der Waals surface area contributed by atoms with Crippen LogP contribution < -0.4 is 10.1 Å². The molecule has 6 heteroatoms. The van der Waals surface area contributed by atoms with E-state index in [0.29, 0.717) is 25.6 Å². The van der Waals surface area contributed by atoms with Crippen molar-refractivity contribution in [2.45, 2.75) is 25.7 Å². The van der Waals surface area contributed by atoms with E-state index >= 15 is 0 Å². The van der Waals surface area contributed by atoms with Gasteiger partial charge in [-0.25, -0.2) is 0 Å². The number of H-pyrrole nitrogens is 1. The van der Waals surface area contributed by atoms with Gasteiger partial charge < -0.3 is 10.1 Å². The van der Waals surface area contributed by atoms with Gasteiger partial charge in [-0.05, 0) is 44.5 Å². The lowest BCUT2D eigenvalue weighted by Gasteiger charge is -2.31. The Hall–Kier alpha value is -2.34. The first-order valence-corrected chi connectivity index (χ1v) is 8.89. The van der Waals surface area contributed by atoms with E-state index in [1.807, 2.05) is 37.3 Å². The van der Waals surface area contributed by atoms with E-state index in [0.717, 1.165) is 43.1 Å². The fourth-order valence-corrected chi connectivity index (χ4v) is 3.22. The van der Waals surface area contributed by atoms with Crippen LogP contribution in [0, 0.1) is 6.92 Å². The lowest BCUT2D eigenvalue weighted by atomic mass is 9.94. The zero-order valence-corrected chi connectivity index (χ0v) is 14.7. The molecule has 0 spiro atoms. The van der Waals surface area contributed by atoms with Crippen molar-refractivity contribution in [1.29, 1.82) is 0 Å². The van der Waals surface area contributed by atoms with Crippen molar-refractivity contribution in [2.75, 3.05) is 32.8 Å². The number of aryl methyl sites for hydroxylation is 1. The van der Waals surface area contributed by atoms with Crippen molar-refractivity contribution in [3.63, 3.8) is 0 Å². The van der Waals surface area contributed by atoms with Crippen LogP contribution >= 0.6 is 0 Å². The van der Waals surface area contributed by atoms with Gasteiger partial charge in [0.2, 0.25) is 5.91 Å². The van der Waals surface area contributed by atoms with Gasteiger partial charge >= 0.3 is 0 Å². The molecule has 134 valence electrons. The van der Waals surface area contributed by atoms with Crippen LogP contribution in [0.3, 0.4) is 0 Å². The molecule has 0 bridgehead atoms. The second-order valence-corrected chi connectivity index (χ2v) is 6.56. The van der Waals surface area contributed by atoms with Crippen molar-refractivity contribution in [3.05, 3.63) is 47.8 Å². The molecule has 1 atom stereocenters. The molecular weight excluding hydrogens is 316 g/mol. The predicted molar refractivity (Wildman–Crippen MR) is 96.7 cm³/mol. The Labute approximate surface area is 148 Å². The molecule has 25 heavy (non-hydrogen) atoms. The Balaban J connectivity index is 1.37. The highest BCUT2D eigenvalue weighted by molar-refractivity contribution is 5.78. The monoisotopic (exact) mass is 342 g/mol. The number of aromatic nitrogens is 2. The van der Waals surface area contributed by atoms with E-state index in [1.165, 1.54) is 0 Å². The number of rotatable bonds is 7. The molecule has 1 aromatic carbocycles. The van der Waals surface area contributed by atoms with Gasteiger partial charge in [-0.2, -0.15) is 5.10 Å². The number of hydrogen-bond acceptors (Lipinski definition) is 4. The summed E-state index contributed by atoms with van der Waals surface area (Å²) in [4.78, 5) is 14.4. The number of likely N-dealkylation sites (tertiary alicyclic amines) is 1. The molecule has 2 heterocycles. The molecule has 0 saturated carbocycles. The van der Waals surface area contributed by atoms with Gasteiger partial charge in [0.25, 0.3) is 0 Å². The third-order valence-corrected chi connectivity index (χ3v) is 4.45. The average molecular weight is 342 g/mol. The Morgan fingerprint density at radius 1 is 1.40 bits per heavy atom. The van der Waals surface area contributed by atoms with Crippen molar-refractivity contribution in [2.24, 2.45) is 0 Å². The highest BCUT2D eigenvalue weighted by atomic mass is 16.5. The first-order chi connectivity index (χ1) is 12.2. The van der Waals surface area contributed by atoms with Crippen LogP contribution in [0.5, 0.6) is 5.75 Å². The Kier molecular flexibility index (Phi) is 6.06. The number of carbonyl (C=O) groups is 1. The Morgan fingerprint density at radius 3 is 3.00 bits per heavy atom. The van der Waals surface area contributed by atoms with Crippen LogP contribution in [0.1, 0.15) is 30.1 Å². The van der Waals surface area contributed by atoms with E-state index in [1.54, 1.807) is 0 Å². The summed E-state index contributed by atoms with van der Waals surface area (Å²) in [5.74, 6) is 1.29. The van der Waals surface area contributed by atoms with Gasteiger partial charge in [0.1, 0.15) is 12.4 Å². The lowest BCUT2D eigenvalue weighted by molar-refractivity contribution is -0.122. The zero-order valence-electron chi connectivity index (χ0n) is 14.7. The van der Waals surface area contributed by atoms with Crippen LogP contribution in [0.25, 0.3) is 0 Å². The summed E-state index contributed by atoms with van der Waals surface area (Å²) in [5, 5.41) is 10.3. The number of ether oxygens (including phenoxy) is 1. The summed E-state index contributed by atoms with van der Waals surface area (Å²) in [5.41, 5.74) is 2.20. The minimum Gasteiger partial charge on any atom is -0.492 e. The van der Waals surface area contributed by atoms with Crippen molar-refractivity contribution in [1.82, 2.24) is 20.4 Å². The number of hydrogen-bond donors (Lipinski definition) is 2. The molecule has 2 aromatic rings. The molecule has 1 saturated heterocycles. The van der Waals surface area contributed by atoms with Crippen molar-refractivity contribution in [3.8, 4) is 5.75 Å². The number of amides is 1. The van der Waals surface area contributed by atoms with Gasteiger partial charge in [0.05, 0.1) is 18.8 Å². The topological polar surface area (TPSA) is 70.2 Å². The molecule has 0 aliphatic carbocycles. The summed E-state index contributed by atoms with van der Waals surface area (Å²) < 4.78 is 5.58. The van der Waals surface area contributed by atoms with Crippen LogP contribution in [-0.4, -0.2) is 53.8 Å². The fourth-order valence-electron chi connectivity index (χ4n) is 3.22. The maximum absolute atomic E-state index is 12.1. The molecule has 0 radical (unpaired) electrons. The molecule has 1 aliphatic heterocycles. The van der Waals surface area contributed by atoms with E-state index < -0.39 is 0 Å². The minimum atomic E-state index is 0.0514. The van der Waals surface area contributed by atoms with Gasteiger partial charge in [0.15, 0.2) is 0 Å². The molecule has 1 aromatic heterocycles. The Morgan fingerprint density at radius 2 is 2.24 bits per heavy atom. The van der Waals surface area contributed by atoms with Gasteiger partial charge in [-0.3, -0.25) is 14.8 Å². The lowest BCUT2D eigenvalue weighted by Crippen LogP contribution is -2.42. The molecular formula is C19H26N4O2. The number of aromatic amines is 1. The SMILES string of the molecule is Cc1cc([C@H]2CCCN(CC(=O)NCCOc3ccccc3)C2)n[nH]1. The number of nitrogens with zero attached hydrogens (tertiary/aromatic N) is 2. The highest BCUT2D eigenvalue weighted by Gasteiger charge is 2.24. The van der Waals surface area contributed by atoms with Gasteiger partial charge in [0, 0.05) is 18.2 Å². The third kappa shape index (κ3) is 5.32. The number of piperidine rings is 1. The Bertz CT molecular complexity index is 671. The largest absolute Gasteiger partial charge is 0.492 e. The summed E-state index contributed by atoms with van der Waals surface area (Å²) in [6.07, 6.45) is 2.23. The van der Waals surface area contributed by atoms with E-state index in [9.17, 15) is 4.79 Å². The first-order valence-electron chi connectivity index (χ1n) is 8.89. The molecule has 2 N–H and O–H groups in total. The van der Waals surface area contributed by atoms with E-state index in [-0.39, 0.29) is 5.91 Å². The first kappa shape index (κ1) is 17.5. The minimum absolute atomic E-state index is 0.0514. The van der Waals surface area contributed by atoms with E-state index in [2.05, 4.69) is 26.5 Å².